The number of aryl methyl sites for hydroxylation is 2. The second-order valence-electron chi connectivity index (χ2n) is 7.39. The number of ether oxygens (including phenoxy) is 2. The first-order chi connectivity index (χ1) is 15.8. The lowest BCUT2D eigenvalue weighted by Gasteiger charge is -2.10. The highest BCUT2D eigenvalue weighted by atomic mass is 35.5. The third-order valence-electron chi connectivity index (χ3n) is 4.92. The molecule has 6 nitrogen and oxygen atoms in total. The van der Waals surface area contributed by atoms with Crippen molar-refractivity contribution >= 4 is 23.6 Å². The molecule has 0 radical (unpaired) electrons. The van der Waals surface area contributed by atoms with Crippen LogP contribution in [-0.4, -0.2) is 18.1 Å². The number of aromatic hydroxyl groups is 1. The minimum atomic E-state index is -0.542. The van der Waals surface area contributed by atoms with Crippen LogP contribution in [0.2, 0.25) is 5.02 Å². The van der Waals surface area contributed by atoms with Gasteiger partial charge in [0.05, 0.1) is 7.11 Å². The molecule has 0 aliphatic carbocycles. The van der Waals surface area contributed by atoms with Crippen molar-refractivity contribution in [2.45, 2.75) is 20.4 Å². The van der Waals surface area contributed by atoms with Gasteiger partial charge in [-0.15, -0.1) is 0 Å². The molecule has 0 atom stereocenters. The fraction of sp³-hybridized carbons (Fsp3) is 0.154. The Morgan fingerprint density at radius 3 is 2.27 bits per heavy atom. The van der Waals surface area contributed by atoms with E-state index in [9.17, 15) is 15.2 Å². The molecule has 0 saturated heterocycles. The quantitative estimate of drug-likeness (QED) is 0.348. The van der Waals surface area contributed by atoms with Gasteiger partial charge in [0.2, 0.25) is 0 Å². The number of hydrogen-bond donors (Lipinski definition) is 2. The number of amides is 1. The molecule has 1 amide bonds. The van der Waals surface area contributed by atoms with Crippen molar-refractivity contribution in [2.24, 2.45) is 0 Å². The van der Waals surface area contributed by atoms with E-state index in [0.29, 0.717) is 22.8 Å². The number of carbonyl (C=O) groups excluding carboxylic acids is 1. The first kappa shape index (κ1) is 23.7. The number of methoxy groups -OCH3 is 1. The summed E-state index contributed by atoms with van der Waals surface area (Å²) in [6.07, 6.45) is 1.33. The van der Waals surface area contributed by atoms with E-state index in [1.165, 1.54) is 19.3 Å². The number of benzene rings is 3. The van der Waals surface area contributed by atoms with E-state index in [0.717, 1.165) is 21.7 Å². The maximum absolute atomic E-state index is 12.4. The molecule has 3 aromatic rings. The molecule has 2 N–H and O–H groups in total. The van der Waals surface area contributed by atoms with E-state index in [4.69, 9.17) is 21.1 Å². The number of rotatable bonds is 7. The number of carbonyl (C=O) groups is 1. The maximum atomic E-state index is 12.4. The Bertz CT molecular complexity index is 1220. The standard InChI is InChI=1S/C26H23ClN2O4/c1-16-10-23(11-17(2)25(16)27)33-21-7-4-18(5-8-21)15-29-26(31)20(14-28)12-19-6-9-22(32-3)13-24(19)30/h4-13,30H,15H2,1-3H3,(H,29,31)/b20-12+. The summed E-state index contributed by atoms with van der Waals surface area (Å²) in [5.74, 6) is 1.19. The van der Waals surface area contributed by atoms with E-state index in [2.05, 4.69) is 5.32 Å². The fourth-order valence-electron chi connectivity index (χ4n) is 3.13. The summed E-state index contributed by atoms with van der Waals surface area (Å²) in [6.45, 7) is 4.08. The second-order valence-corrected chi connectivity index (χ2v) is 7.77. The van der Waals surface area contributed by atoms with Crippen LogP contribution in [0.4, 0.5) is 0 Å². The topological polar surface area (TPSA) is 91.6 Å². The molecule has 0 bridgehead atoms. The minimum absolute atomic E-state index is 0.0865. The molecule has 0 unspecified atom stereocenters. The average Bonchev–Trinajstić information content (AvgIpc) is 2.81. The van der Waals surface area contributed by atoms with Gasteiger partial charge in [0.25, 0.3) is 5.91 Å². The summed E-state index contributed by atoms with van der Waals surface area (Å²) in [6, 6.07) is 17.5. The van der Waals surface area contributed by atoms with Crippen molar-refractivity contribution in [1.29, 1.82) is 5.26 Å². The first-order valence-corrected chi connectivity index (χ1v) is 10.5. The number of nitriles is 1. The summed E-state index contributed by atoms with van der Waals surface area (Å²) < 4.78 is 10.9. The number of nitrogens with zero attached hydrogens (tertiary/aromatic N) is 1. The van der Waals surface area contributed by atoms with Crippen LogP contribution >= 0.6 is 11.6 Å². The summed E-state index contributed by atoms with van der Waals surface area (Å²) in [4.78, 5) is 12.4. The zero-order chi connectivity index (χ0) is 24.0. The number of hydrogen-bond acceptors (Lipinski definition) is 5. The normalized spacial score (nSPS) is 10.9. The Morgan fingerprint density at radius 2 is 1.70 bits per heavy atom. The zero-order valence-electron chi connectivity index (χ0n) is 18.5. The summed E-state index contributed by atoms with van der Waals surface area (Å²) in [5, 5.41) is 22.9. The molecule has 168 valence electrons. The predicted molar refractivity (Wildman–Crippen MR) is 128 cm³/mol. The lowest BCUT2D eigenvalue weighted by Crippen LogP contribution is -2.23. The lowest BCUT2D eigenvalue weighted by atomic mass is 10.1. The average molecular weight is 463 g/mol. The molecular formula is C26H23ClN2O4. The van der Waals surface area contributed by atoms with Crippen molar-refractivity contribution in [2.75, 3.05) is 7.11 Å². The van der Waals surface area contributed by atoms with E-state index < -0.39 is 5.91 Å². The summed E-state index contributed by atoms with van der Waals surface area (Å²) in [5.41, 5.74) is 2.94. The summed E-state index contributed by atoms with van der Waals surface area (Å²) >= 11 is 6.20. The molecule has 0 aliphatic heterocycles. The van der Waals surface area contributed by atoms with Gasteiger partial charge < -0.3 is 19.9 Å². The van der Waals surface area contributed by atoms with E-state index in [1.807, 2.05) is 44.2 Å². The van der Waals surface area contributed by atoms with E-state index >= 15 is 0 Å². The molecular weight excluding hydrogens is 440 g/mol. The predicted octanol–water partition coefficient (Wildman–Crippen LogP) is 5.69. The number of nitrogens with one attached hydrogen (secondary N) is 1. The number of phenols is 1. The Labute approximate surface area is 197 Å². The first-order valence-electron chi connectivity index (χ1n) is 10.1. The maximum Gasteiger partial charge on any atom is 0.262 e. The van der Waals surface area contributed by atoms with Crippen LogP contribution < -0.4 is 14.8 Å². The van der Waals surface area contributed by atoms with Crippen LogP contribution in [0, 0.1) is 25.2 Å². The molecule has 0 spiro atoms. The third kappa shape index (κ3) is 6.06. The Balaban J connectivity index is 1.63. The van der Waals surface area contributed by atoms with Gasteiger partial charge in [0, 0.05) is 23.2 Å². The van der Waals surface area contributed by atoms with Gasteiger partial charge in [-0.1, -0.05) is 23.7 Å². The van der Waals surface area contributed by atoms with Gasteiger partial charge in [-0.2, -0.15) is 5.26 Å². The van der Waals surface area contributed by atoms with E-state index in [1.54, 1.807) is 24.3 Å². The van der Waals surface area contributed by atoms with Gasteiger partial charge in [0.1, 0.15) is 34.6 Å². The molecule has 0 heterocycles. The van der Waals surface area contributed by atoms with Gasteiger partial charge in [-0.3, -0.25) is 4.79 Å². The lowest BCUT2D eigenvalue weighted by molar-refractivity contribution is -0.117. The van der Waals surface area contributed by atoms with Crippen LogP contribution in [0.25, 0.3) is 6.08 Å². The largest absolute Gasteiger partial charge is 0.507 e. The Hall–Kier alpha value is -3.95. The molecule has 3 rings (SSSR count). The van der Waals surface area contributed by atoms with Gasteiger partial charge >= 0.3 is 0 Å². The number of halogens is 1. The zero-order valence-corrected chi connectivity index (χ0v) is 19.2. The Morgan fingerprint density at radius 1 is 1.06 bits per heavy atom. The van der Waals surface area contributed by atoms with Crippen molar-refractivity contribution in [3.05, 3.63) is 87.4 Å². The molecule has 7 heteroatoms. The molecule has 0 aromatic heterocycles. The SMILES string of the molecule is COc1ccc(/C=C(\C#N)C(=O)NCc2ccc(Oc3cc(C)c(Cl)c(C)c3)cc2)c(O)c1. The van der Waals surface area contributed by atoms with Crippen LogP contribution in [0.5, 0.6) is 23.0 Å². The van der Waals surface area contributed by atoms with Crippen LogP contribution in [-0.2, 0) is 11.3 Å². The highest BCUT2D eigenvalue weighted by Gasteiger charge is 2.11. The van der Waals surface area contributed by atoms with Gasteiger partial charge in [0.15, 0.2) is 0 Å². The monoisotopic (exact) mass is 462 g/mol. The fourth-order valence-corrected chi connectivity index (χ4v) is 3.24. The van der Waals surface area contributed by atoms with Crippen LogP contribution in [0.15, 0.2) is 60.2 Å². The smallest absolute Gasteiger partial charge is 0.262 e. The third-order valence-corrected chi connectivity index (χ3v) is 5.52. The second kappa shape index (κ2) is 10.6. The van der Waals surface area contributed by atoms with E-state index in [-0.39, 0.29) is 17.9 Å². The Kier molecular flexibility index (Phi) is 7.60. The van der Waals surface area contributed by atoms with Crippen molar-refractivity contribution in [1.82, 2.24) is 5.32 Å². The van der Waals surface area contributed by atoms with Crippen LogP contribution in [0.1, 0.15) is 22.3 Å². The molecule has 0 aliphatic rings. The molecule has 33 heavy (non-hydrogen) atoms. The number of phenolic OH excluding ortho intramolecular Hbond substituents is 1. The van der Waals surface area contributed by atoms with Crippen molar-refractivity contribution < 1.29 is 19.4 Å². The highest BCUT2D eigenvalue weighted by molar-refractivity contribution is 6.32. The van der Waals surface area contributed by atoms with Crippen LogP contribution in [0.3, 0.4) is 0 Å². The summed E-state index contributed by atoms with van der Waals surface area (Å²) in [7, 11) is 1.48. The van der Waals surface area contributed by atoms with Crippen molar-refractivity contribution in [3.63, 3.8) is 0 Å². The molecule has 0 fully saturated rings. The molecule has 0 saturated carbocycles. The van der Waals surface area contributed by atoms with Crippen molar-refractivity contribution in [3.8, 4) is 29.1 Å². The van der Waals surface area contributed by atoms with Gasteiger partial charge in [-0.05, 0) is 73.0 Å². The minimum Gasteiger partial charge on any atom is -0.507 e. The van der Waals surface area contributed by atoms with Gasteiger partial charge in [-0.25, -0.2) is 0 Å². The highest BCUT2D eigenvalue weighted by Crippen LogP contribution is 2.29. The molecule has 3 aromatic carbocycles.